The Morgan fingerprint density at radius 2 is 1.95 bits per heavy atom. The topological polar surface area (TPSA) is 145 Å². The number of carbonyl (C=O) groups excluding carboxylic acids is 1. The lowest BCUT2D eigenvalue weighted by atomic mass is 10.0. The first-order valence-corrected chi connectivity index (χ1v) is 14.2. The zero-order valence-corrected chi connectivity index (χ0v) is 24.3. The van der Waals surface area contributed by atoms with Crippen LogP contribution >= 0.6 is 23.2 Å². The molecule has 4 heterocycles. The molecule has 2 aromatic heterocycles. The van der Waals surface area contributed by atoms with E-state index in [1.807, 2.05) is 18.2 Å². The van der Waals surface area contributed by atoms with E-state index in [0.717, 1.165) is 24.0 Å². The van der Waals surface area contributed by atoms with Gasteiger partial charge in [0.25, 0.3) is 0 Å². The summed E-state index contributed by atoms with van der Waals surface area (Å²) in [5.74, 6) is 0.658. The summed E-state index contributed by atoms with van der Waals surface area (Å²) in [6.07, 6.45) is 2.28. The second-order valence-corrected chi connectivity index (χ2v) is 10.9. The molecule has 0 spiro atoms. The minimum absolute atomic E-state index is 0.227. The Bertz CT molecular complexity index is 1410. The summed E-state index contributed by atoms with van der Waals surface area (Å²) in [6, 6.07) is 7.70. The maximum atomic E-state index is 13.3. The summed E-state index contributed by atoms with van der Waals surface area (Å²) < 4.78 is 5.42. The third-order valence-corrected chi connectivity index (χ3v) is 8.09. The normalized spacial score (nSPS) is 18.9. The minimum atomic E-state index is -1.03. The zero-order chi connectivity index (χ0) is 29.1. The van der Waals surface area contributed by atoms with Crippen molar-refractivity contribution in [3.05, 3.63) is 63.4 Å². The molecule has 0 saturated carbocycles. The number of rotatable bonds is 9. The van der Waals surface area contributed by atoms with Crippen molar-refractivity contribution in [2.75, 3.05) is 37.5 Å². The molecule has 41 heavy (non-hydrogen) atoms. The van der Waals surface area contributed by atoms with Gasteiger partial charge in [0.05, 0.1) is 46.3 Å². The Morgan fingerprint density at radius 1 is 1.17 bits per heavy atom. The Morgan fingerprint density at radius 3 is 2.68 bits per heavy atom. The monoisotopic (exact) mass is 601 g/mol. The van der Waals surface area contributed by atoms with Crippen LogP contribution in [0.3, 0.4) is 0 Å². The van der Waals surface area contributed by atoms with E-state index in [1.54, 1.807) is 37.2 Å². The highest BCUT2D eigenvalue weighted by molar-refractivity contribution is 6.33. The van der Waals surface area contributed by atoms with Crippen molar-refractivity contribution in [1.82, 2.24) is 25.2 Å². The van der Waals surface area contributed by atoms with Crippen LogP contribution in [0.15, 0.2) is 36.5 Å². The molecule has 2 aliphatic heterocycles. The molecule has 11 nitrogen and oxygen atoms in total. The zero-order valence-electron chi connectivity index (χ0n) is 22.8. The molecule has 5 N–H and O–H groups in total. The molecule has 1 aromatic carbocycles. The largest absolute Gasteiger partial charge is 0.394 e. The molecule has 0 aliphatic carbocycles. The number of halogens is 2. The predicted octanol–water partition coefficient (Wildman–Crippen LogP) is 3.52. The van der Waals surface area contributed by atoms with Gasteiger partial charge >= 0.3 is 0 Å². The van der Waals surface area contributed by atoms with Crippen LogP contribution < -0.4 is 16.0 Å². The lowest BCUT2D eigenvalue weighted by Gasteiger charge is -2.28. The number of aromatic nitrogens is 3. The summed E-state index contributed by atoms with van der Waals surface area (Å²) in [4.78, 5) is 28.3. The van der Waals surface area contributed by atoms with E-state index in [1.165, 1.54) is 0 Å². The third-order valence-electron chi connectivity index (χ3n) is 7.50. The summed E-state index contributed by atoms with van der Waals surface area (Å²) >= 11 is 12.8. The number of amides is 1. The lowest BCUT2D eigenvalue weighted by Crippen LogP contribution is -2.46. The maximum Gasteiger partial charge on any atom is 0.237 e. The van der Waals surface area contributed by atoms with E-state index in [0.29, 0.717) is 58.5 Å². The first kappa shape index (κ1) is 29.4. The summed E-state index contributed by atoms with van der Waals surface area (Å²) in [5.41, 5.74) is 3.19. The summed E-state index contributed by atoms with van der Waals surface area (Å²) in [6.45, 7) is 3.06. The number of fused-ring (bicyclic) bond motifs is 1. The van der Waals surface area contributed by atoms with Crippen molar-refractivity contribution in [3.63, 3.8) is 0 Å². The van der Waals surface area contributed by atoms with Gasteiger partial charge in [-0.1, -0.05) is 35.3 Å². The number of hydrogen-bond donors (Lipinski definition) is 5. The van der Waals surface area contributed by atoms with Crippen LogP contribution in [0.2, 0.25) is 10.0 Å². The maximum absolute atomic E-state index is 13.3. The SMILES string of the molecule is CNc1ccc(Cl)c([C@@H](CO)NC(=O)[C@@H](C)N2Cc3ccc(-c4nc(NC5CCOCC5)ncc4Cl)cc3C2O)n1. The standard InChI is InChI=1S/C28H33Cl2N7O4/c1-15(26(39)34-22(14-38)25-20(29)5-6-23(31-2)35-25)37-13-17-4-3-16(11-19(17)27(37)40)24-21(30)12-32-28(36-24)33-18-7-9-41-10-8-18/h3-6,11-12,15,18,22,27,38,40H,7-10,13-14H2,1-2H3,(H,31,35)(H,34,39)(H,32,33,36)/t15-,22-,27?/m1/s1. The van der Waals surface area contributed by atoms with E-state index in [4.69, 9.17) is 27.9 Å². The molecule has 0 bridgehead atoms. The fraction of sp³-hybridized carbons (Fsp3) is 0.429. The fourth-order valence-electron chi connectivity index (χ4n) is 5.09. The minimum Gasteiger partial charge on any atom is -0.394 e. The molecule has 5 rings (SSSR count). The van der Waals surface area contributed by atoms with Crippen molar-refractivity contribution in [2.24, 2.45) is 0 Å². The number of anilines is 2. The average Bonchev–Trinajstić information content (AvgIpc) is 3.32. The van der Waals surface area contributed by atoms with Crippen molar-refractivity contribution < 1.29 is 19.7 Å². The highest BCUT2D eigenvalue weighted by Crippen LogP contribution is 2.37. The second kappa shape index (κ2) is 12.8. The van der Waals surface area contributed by atoms with Gasteiger partial charge in [-0.15, -0.1) is 0 Å². The van der Waals surface area contributed by atoms with Crippen LogP contribution in [0.5, 0.6) is 0 Å². The average molecular weight is 603 g/mol. The van der Waals surface area contributed by atoms with Crippen LogP contribution in [-0.2, 0) is 16.1 Å². The van der Waals surface area contributed by atoms with E-state index in [9.17, 15) is 15.0 Å². The molecule has 3 atom stereocenters. The number of benzene rings is 1. The molecule has 13 heteroatoms. The number of aliphatic hydroxyl groups is 2. The van der Waals surface area contributed by atoms with Crippen molar-refractivity contribution in [3.8, 4) is 11.3 Å². The summed E-state index contributed by atoms with van der Waals surface area (Å²) in [5, 5.41) is 31.1. The van der Waals surface area contributed by atoms with Crippen LogP contribution in [0.25, 0.3) is 11.3 Å². The Kier molecular flexibility index (Phi) is 9.22. The van der Waals surface area contributed by atoms with Gasteiger partial charge in [-0.2, -0.15) is 0 Å². The number of ether oxygens (including phenoxy) is 1. The van der Waals surface area contributed by atoms with Crippen molar-refractivity contribution in [1.29, 1.82) is 0 Å². The molecule has 218 valence electrons. The van der Waals surface area contributed by atoms with Crippen molar-refractivity contribution >= 4 is 40.9 Å². The quantitative estimate of drug-likeness (QED) is 0.247. The van der Waals surface area contributed by atoms with E-state index < -0.39 is 24.9 Å². The number of carbonyl (C=O) groups is 1. The van der Waals surface area contributed by atoms with E-state index in [-0.39, 0.29) is 11.9 Å². The number of hydrogen-bond acceptors (Lipinski definition) is 10. The van der Waals surface area contributed by atoms with E-state index in [2.05, 4.69) is 30.9 Å². The van der Waals surface area contributed by atoms with Gasteiger partial charge < -0.3 is 30.9 Å². The molecular weight excluding hydrogens is 569 g/mol. The smallest absolute Gasteiger partial charge is 0.237 e. The van der Waals surface area contributed by atoms with Gasteiger partial charge in [0.1, 0.15) is 12.0 Å². The second-order valence-electron chi connectivity index (χ2n) is 10.1. The fourth-order valence-corrected chi connectivity index (χ4v) is 5.52. The van der Waals surface area contributed by atoms with Crippen molar-refractivity contribution in [2.45, 2.75) is 50.7 Å². The van der Waals surface area contributed by atoms with Gasteiger partial charge in [0.2, 0.25) is 11.9 Å². The van der Waals surface area contributed by atoms with Crippen LogP contribution in [0.1, 0.15) is 48.9 Å². The van der Waals surface area contributed by atoms with Crippen LogP contribution in [0.4, 0.5) is 11.8 Å². The third kappa shape index (κ3) is 6.40. The molecule has 1 unspecified atom stereocenters. The van der Waals surface area contributed by atoms with E-state index >= 15 is 0 Å². The van der Waals surface area contributed by atoms with Gasteiger partial charge in [-0.3, -0.25) is 9.69 Å². The molecule has 0 radical (unpaired) electrons. The van der Waals surface area contributed by atoms with Gasteiger partial charge in [-0.05, 0) is 43.5 Å². The molecule has 1 amide bonds. The highest BCUT2D eigenvalue weighted by atomic mass is 35.5. The van der Waals surface area contributed by atoms with Gasteiger partial charge in [0, 0.05) is 44.0 Å². The highest BCUT2D eigenvalue weighted by Gasteiger charge is 2.36. The number of aliphatic hydroxyl groups excluding tert-OH is 2. The molecule has 1 fully saturated rings. The number of nitrogens with zero attached hydrogens (tertiary/aromatic N) is 4. The van der Waals surface area contributed by atoms with Crippen LogP contribution in [0, 0.1) is 0 Å². The predicted molar refractivity (Wildman–Crippen MR) is 157 cm³/mol. The van der Waals surface area contributed by atoms with Gasteiger partial charge in [0.15, 0.2) is 0 Å². The lowest BCUT2D eigenvalue weighted by molar-refractivity contribution is -0.131. The molecular formula is C28H33Cl2N7O4. The first-order valence-electron chi connectivity index (χ1n) is 13.5. The van der Waals surface area contributed by atoms with Crippen LogP contribution in [-0.4, -0.2) is 74.9 Å². The Labute approximate surface area is 248 Å². The van der Waals surface area contributed by atoms with Gasteiger partial charge in [-0.25, -0.2) is 15.0 Å². The number of nitrogens with one attached hydrogen (secondary N) is 3. The summed E-state index contributed by atoms with van der Waals surface area (Å²) in [7, 11) is 1.72. The Balaban J connectivity index is 1.31. The number of pyridine rings is 1. The first-order chi connectivity index (χ1) is 19.8. The molecule has 1 saturated heterocycles. The Hall–Kier alpha value is -3.06. The molecule has 3 aromatic rings. The molecule has 2 aliphatic rings.